The SMILES string of the molecule is Nc1cc(C2CC3C=CC2C3)nc(C2CC2)n1. The summed E-state index contributed by atoms with van der Waals surface area (Å²) in [5, 5.41) is 0. The lowest BCUT2D eigenvalue weighted by atomic mass is 9.90. The first kappa shape index (κ1) is 9.63. The molecule has 2 bridgehead atoms. The minimum Gasteiger partial charge on any atom is -0.384 e. The van der Waals surface area contributed by atoms with Crippen molar-refractivity contribution in [1.82, 2.24) is 9.97 Å². The second-order valence-corrected chi connectivity index (χ2v) is 5.74. The average molecular weight is 227 g/mol. The van der Waals surface area contributed by atoms with E-state index in [4.69, 9.17) is 10.7 Å². The Morgan fingerprint density at radius 1 is 1.12 bits per heavy atom. The van der Waals surface area contributed by atoms with E-state index < -0.39 is 0 Å². The van der Waals surface area contributed by atoms with E-state index in [-0.39, 0.29) is 0 Å². The van der Waals surface area contributed by atoms with Gasteiger partial charge in [-0.1, -0.05) is 12.2 Å². The summed E-state index contributed by atoms with van der Waals surface area (Å²) in [6.45, 7) is 0. The van der Waals surface area contributed by atoms with E-state index in [1.807, 2.05) is 6.07 Å². The average Bonchev–Trinajstić information content (AvgIpc) is 2.97. The van der Waals surface area contributed by atoms with E-state index in [0.717, 1.165) is 11.7 Å². The minimum atomic E-state index is 0.589. The minimum absolute atomic E-state index is 0.589. The van der Waals surface area contributed by atoms with Crippen molar-refractivity contribution in [3.63, 3.8) is 0 Å². The van der Waals surface area contributed by atoms with Crippen molar-refractivity contribution in [2.45, 2.75) is 37.5 Å². The number of fused-ring (bicyclic) bond motifs is 2. The topological polar surface area (TPSA) is 51.8 Å². The molecule has 88 valence electrons. The molecule has 2 fully saturated rings. The van der Waals surface area contributed by atoms with Gasteiger partial charge < -0.3 is 5.73 Å². The summed E-state index contributed by atoms with van der Waals surface area (Å²) in [5.74, 6) is 4.31. The Morgan fingerprint density at radius 2 is 2.00 bits per heavy atom. The number of nitrogens with zero attached hydrogens (tertiary/aromatic N) is 2. The molecule has 1 aromatic heterocycles. The van der Waals surface area contributed by atoms with Gasteiger partial charge >= 0.3 is 0 Å². The van der Waals surface area contributed by atoms with Crippen molar-refractivity contribution >= 4 is 5.82 Å². The van der Waals surface area contributed by atoms with Crippen LogP contribution in [0.3, 0.4) is 0 Å². The highest BCUT2D eigenvalue weighted by molar-refractivity contribution is 5.35. The van der Waals surface area contributed by atoms with Crippen molar-refractivity contribution in [2.24, 2.45) is 11.8 Å². The fourth-order valence-electron chi connectivity index (χ4n) is 3.34. The molecule has 2 saturated carbocycles. The molecule has 3 heteroatoms. The first-order valence-corrected chi connectivity index (χ1v) is 6.62. The summed E-state index contributed by atoms with van der Waals surface area (Å²) in [6.07, 6.45) is 9.77. The van der Waals surface area contributed by atoms with Crippen LogP contribution in [0.1, 0.15) is 49.0 Å². The van der Waals surface area contributed by atoms with Crippen LogP contribution in [-0.2, 0) is 0 Å². The lowest BCUT2D eigenvalue weighted by molar-refractivity contribution is 0.565. The Balaban J connectivity index is 1.71. The first-order valence-electron chi connectivity index (χ1n) is 6.62. The van der Waals surface area contributed by atoms with Gasteiger partial charge in [0, 0.05) is 23.6 Å². The van der Waals surface area contributed by atoms with Crippen molar-refractivity contribution in [3.05, 3.63) is 29.7 Å². The molecule has 1 aromatic rings. The summed E-state index contributed by atoms with van der Waals surface area (Å²) in [5.41, 5.74) is 7.11. The molecule has 3 aliphatic rings. The lowest BCUT2D eigenvalue weighted by Crippen LogP contribution is -2.10. The van der Waals surface area contributed by atoms with Crippen LogP contribution in [0.25, 0.3) is 0 Å². The Kier molecular flexibility index (Phi) is 1.88. The van der Waals surface area contributed by atoms with Gasteiger partial charge in [0.1, 0.15) is 11.6 Å². The fourth-order valence-corrected chi connectivity index (χ4v) is 3.34. The van der Waals surface area contributed by atoms with Crippen LogP contribution in [-0.4, -0.2) is 9.97 Å². The molecule has 0 amide bonds. The van der Waals surface area contributed by atoms with E-state index in [9.17, 15) is 0 Å². The molecule has 0 aliphatic heterocycles. The third-order valence-corrected chi connectivity index (χ3v) is 4.38. The molecule has 1 heterocycles. The van der Waals surface area contributed by atoms with Gasteiger partial charge in [0.05, 0.1) is 0 Å². The number of anilines is 1. The summed E-state index contributed by atoms with van der Waals surface area (Å²) in [7, 11) is 0. The number of nitrogens with two attached hydrogens (primary N) is 1. The second kappa shape index (κ2) is 3.31. The van der Waals surface area contributed by atoms with E-state index >= 15 is 0 Å². The third-order valence-electron chi connectivity index (χ3n) is 4.38. The van der Waals surface area contributed by atoms with Gasteiger partial charge in [-0.3, -0.25) is 0 Å². The zero-order valence-electron chi connectivity index (χ0n) is 9.84. The van der Waals surface area contributed by atoms with Gasteiger partial charge in [0.15, 0.2) is 0 Å². The van der Waals surface area contributed by atoms with Crippen LogP contribution in [0.2, 0.25) is 0 Å². The maximum absolute atomic E-state index is 5.92. The third kappa shape index (κ3) is 1.56. The Morgan fingerprint density at radius 3 is 2.65 bits per heavy atom. The predicted molar refractivity (Wildman–Crippen MR) is 66.5 cm³/mol. The second-order valence-electron chi connectivity index (χ2n) is 5.74. The number of allylic oxidation sites excluding steroid dienone is 2. The molecule has 0 radical (unpaired) electrons. The summed E-state index contributed by atoms with van der Waals surface area (Å²) in [6, 6.07) is 1.99. The lowest BCUT2D eigenvalue weighted by Gasteiger charge is -2.18. The maximum atomic E-state index is 5.92. The molecule has 2 N–H and O–H groups in total. The quantitative estimate of drug-likeness (QED) is 0.790. The van der Waals surface area contributed by atoms with Gasteiger partial charge in [-0.05, 0) is 37.5 Å². The van der Waals surface area contributed by atoms with E-state index in [1.165, 1.54) is 31.4 Å². The standard InChI is InChI=1S/C14H17N3/c15-13-7-12(16-14(17-13)9-3-4-9)11-6-8-1-2-10(11)5-8/h1-2,7-11H,3-6H2,(H2,15,16,17). The maximum Gasteiger partial charge on any atom is 0.134 e. The highest BCUT2D eigenvalue weighted by Gasteiger charge is 2.38. The van der Waals surface area contributed by atoms with Crippen molar-refractivity contribution in [3.8, 4) is 0 Å². The molecule has 0 saturated heterocycles. The molecule has 4 rings (SSSR count). The summed E-state index contributed by atoms with van der Waals surface area (Å²) < 4.78 is 0. The molecule has 0 spiro atoms. The van der Waals surface area contributed by atoms with Gasteiger partial charge in [0.2, 0.25) is 0 Å². The van der Waals surface area contributed by atoms with Gasteiger partial charge in [-0.25, -0.2) is 9.97 Å². The number of nitrogen functional groups attached to an aromatic ring is 1. The Bertz CT molecular complexity index is 490. The molecule has 3 unspecified atom stereocenters. The van der Waals surface area contributed by atoms with Crippen LogP contribution < -0.4 is 5.73 Å². The van der Waals surface area contributed by atoms with E-state index in [1.54, 1.807) is 0 Å². The molecular weight excluding hydrogens is 210 g/mol. The number of hydrogen-bond acceptors (Lipinski definition) is 3. The Labute approximate surface area is 101 Å². The molecule has 3 aliphatic carbocycles. The molecule has 3 nitrogen and oxygen atoms in total. The summed E-state index contributed by atoms with van der Waals surface area (Å²) >= 11 is 0. The largest absolute Gasteiger partial charge is 0.384 e. The van der Waals surface area contributed by atoms with Crippen molar-refractivity contribution < 1.29 is 0 Å². The van der Waals surface area contributed by atoms with E-state index in [2.05, 4.69) is 17.1 Å². The smallest absolute Gasteiger partial charge is 0.134 e. The zero-order valence-corrected chi connectivity index (χ0v) is 9.84. The molecule has 3 atom stereocenters. The highest BCUT2D eigenvalue weighted by atomic mass is 15.0. The Hall–Kier alpha value is -1.38. The van der Waals surface area contributed by atoms with Crippen LogP contribution in [0.15, 0.2) is 18.2 Å². The van der Waals surface area contributed by atoms with Crippen molar-refractivity contribution in [1.29, 1.82) is 0 Å². The van der Waals surface area contributed by atoms with E-state index in [0.29, 0.717) is 23.6 Å². The normalized spacial score (nSPS) is 34.5. The van der Waals surface area contributed by atoms with Crippen LogP contribution in [0, 0.1) is 11.8 Å². The first-order chi connectivity index (χ1) is 8.29. The molecule has 0 aromatic carbocycles. The predicted octanol–water partition coefficient (Wildman–Crippen LogP) is 2.62. The van der Waals surface area contributed by atoms with Gasteiger partial charge in [0.25, 0.3) is 0 Å². The molecular formula is C14H17N3. The zero-order chi connectivity index (χ0) is 11.4. The van der Waals surface area contributed by atoms with Crippen LogP contribution >= 0.6 is 0 Å². The monoisotopic (exact) mass is 227 g/mol. The van der Waals surface area contributed by atoms with Crippen LogP contribution in [0.5, 0.6) is 0 Å². The highest BCUT2D eigenvalue weighted by Crippen LogP contribution is 2.49. The summed E-state index contributed by atoms with van der Waals surface area (Å²) in [4.78, 5) is 9.15. The number of rotatable bonds is 2. The van der Waals surface area contributed by atoms with Gasteiger partial charge in [-0.2, -0.15) is 0 Å². The van der Waals surface area contributed by atoms with Crippen LogP contribution in [0.4, 0.5) is 5.82 Å². The fraction of sp³-hybridized carbons (Fsp3) is 0.571. The number of hydrogen-bond donors (Lipinski definition) is 1. The number of aromatic nitrogens is 2. The van der Waals surface area contributed by atoms with Gasteiger partial charge in [-0.15, -0.1) is 0 Å². The van der Waals surface area contributed by atoms with Crippen molar-refractivity contribution in [2.75, 3.05) is 5.73 Å². The molecule has 17 heavy (non-hydrogen) atoms.